The molecule has 2 rings (SSSR count). The number of halogens is 2. The van der Waals surface area contributed by atoms with Crippen molar-refractivity contribution in [1.82, 2.24) is 20.6 Å². The molecule has 0 bridgehead atoms. The number of ketones is 1. The van der Waals surface area contributed by atoms with Crippen LogP contribution in [-0.4, -0.2) is 26.4 Å². The highest BCUT2D eigenvalue weighted by Gasteiger charge is 2.16. The highest BCUT2D eigenvalue weighted by Crippen LogP contribution is 2.35. The summed E-state index contributed by atoms with van der Waals surface area (Å²) in [6.07, 6.45) is 1.18. The minimum absolute atomic E-state index is 0.0367. The molecule has 0 aliphatic carbocycles. The van der Waals surface area contributed by atoms with Gasteiger partial charge in [-0.1, -0.05) is 30.1 Å². The molecule has 0 atom stereocenters. The number of nitrogens with one attached hydrogen (secondary N) is 1. The monoisotopic (exact) mass is 314 g/mol. The summed E-state index contributed by atoms with van der Waals surface area (Å²) in [4.78, 5) is 11.9. The quantitative estimate of drug-likeness (QED) is 0.829. The third-order valence-electron chi connectivity index (χ3n) is 2.58. The maximum absolute atomic E-state index is 11.9. The first-order valence-corrected chi connectivity index (χ1v) is 6.75. The maximum atomic E-state index is 11.9. The van der Waals surface area contributed by atoms with E-state index in [-0.39, 0.29) is 22.4 Å². The normalized spacial score (nSPS) is 10.6. The number of ether oxygens (including phenoxy) is 1. The van der Waals surface area contributed by atoms with Gasteiger partial charge in [-0.15, -0.1) is 5.10 Å². The van der Waals surface area contributed by atoms with E-state index in [9.17, 15) is 4.79 Å². The first-order valence-electron chi connectivity index (χ1n) is 6.00. The van der Waals surface area contributed by atoms with E-state index in [1.165, 1.54) is 0 Å². The van der Waals surface area contributed by atoms with Gasteiger partial charge in [-0.05, 0) is 29.0 Å². The van der Waals surface area contributed by atoms with E-state index in [0.29, 0.717) is 23.6 Å². The van der Waals surface area contributed by atoms with Crippen LogP contribution in [-0.2, 0) is 6.61 Å². The van der Waals surface area contributed by atoms with Crippen molar-refractivity contribution in [3.63, 3.8) is 0 Å². The van der Waals surface area contributed by atoms with E-state index in [4.69, 9.17) is 27.9 Å². The van der Waals surface area contributed by atoms with Crippen LogP contribution in [0, 0.1) is 0 Å². The standard InChI is InChI=1S/C12H12Cl2N4O2/c1-2-3-8(19)7-4-5-9(12(14)11(7)13)20-6-10-15-17-18-16-10/h4-5H,2-3,6H2,1H3,(H,15,16,17,18). The minimum atomic E-state index is -0.0367. The van der Waals surface area contributed by atoms with Gasteiger partial charge in [0.05, 0.1) is 5.02 Å². The maximum Gasteiger partial charge on any atom is 0.186 e. The van der Waals surface area contributed by atoms with Crippen LogP contribution < -0.4 is 4.74 Å². The zero-order valence-corrected chi connectivity index (χ0v) is 12.2. The van der Waals surface area contributed by atoms with E-state index in [0.717, 1.165) is 6.42 Å². The fraction of sp³-hybridized carbons (Fsp3) is 0.333. The zero-order valence-electron chi connectivity index (χ0n) is 10.7. The summed E-state index contributed by atoms with van der Waals surface area (Å²) in [6.45, 7) is 2.06. The Morgan fingerprint density at radius 3 is 2.80 bits per heavy atom. The van der Waals surface area contributed by atoms with Crippen molar-refractivity contribution < 1.29 is 9.53 Å². The van der Waals surface area contributed by atoms with Gasteiger partial charge in [0.2, 0.25) is 0 Å². The van der Waals surface area contributed by atoms with Crippen LogP contribution in [0.4, 0.5) is 0 Å². The van der Waals surface area contributed by atoms with Crippen molar-refractivity contribution in [1.29, 1.82) is 0 Å². The molecule has 1 aromatic carbocycles. The average Bonchev–Trinajstić information content (AvgIpc) is 2.94. The molecule has 0 fully saturated rings. The second kappa shape index (κ2) is 6.67. The third kappa shape index (κ3) is 3.26. The molecule has 0 aliphatic heterocycles. The van der Waals surface area contributed by atoms with Crippen LogP contribution in [0.2, 0.25) is 10.0 Å². The van der Waals surface area contributed by atoms with Crippen LogP contribution in [0.25, 0.3) is 0 Å². The van der Waals surface area contributed by atoms with E-state index in [1.807, 2.05) is 6.92 Å². The van der Waals surface area contributed by atoms with Crippen LogP contribution >= 0.6 is 23.2 Å². The number of hydrogen-bond donors (Lipinski definition) is 1. The first-order chi connectivity index (χ1) is 9.63. The summed E-state index contributed by atoms with van der Waals surface area (Å²) in [5, 5.41) is 13.5. The molecule has 106 valence electrons. The van der Waals surface area contributed by atoms with Crippen LogP contribution in [0.5, 0.6) is 5.75 Å². The predicted octanol–water partition coefficient (Wildman–Crippen LogP) is 3.07. The Hall–Kier alpha value is -1.66. The van der Waals surface area contributed by atoms with Crippen molar-refractivity contribution >= 4 is 29.0 Å². The fourth-order valence-corrected chi connectivity index (χ4v) is 2.09. The van der Waals surface area contributed by atoms with Crippen molar-refractivity contribution in [3.05, 3.63) is 33.6 Å². The van der Waals surface area contributed by atoms with Crippen molar-refractivity contribution in [2.45, 2.75) is 26.4 Å². The molecule has 0 saturated carbocycles. The molecule has 0 aliphatic rings. The number of hydrogen-bond acceptors (Lipinski definition) is 5. The summed E-state index contributed by atoms with van der Waals surface area (Å²) in [7, 11) is 0. The van der Waals surface area contributed by atoms with Gasteiger partial charge in [-0.2, -0.15) is 0 Å². The Bertz CT molecular complexity index is 602. The van der Waals surface area contributed by atoms with Gasteiger partial charge in [0.25, 0.3) is 0 Å². The lowest BCUT2D eigenvalue weighted by molar-refractivity contribution is 0.0982. The minimum Gasteiger partial charge on any atom is -0.484 e. The first kappa shape index (κ1) is 14.7. The number of aromatic nitrogens is 4. The van der Waals surface area contributed by atoms with Gasteiger partial charge in [0, 0.05) is 12.0 Å². The molecule has 20 heavy (non-hydrogen) atoms. The van der Waals surface area contributed by atoms with Gasteiger partial charge in [0.1, 0.15) is 17.4 Å². The lowest BCUT2D eigenvalue weighted by atomic mass is 10.1. The number of rotatable bonds is 6. The van der Waals surface area contributed by atoms with Gasteiger partial charge < -0.3 is 4.74 Å². The summed E-state index contributed by atoms with van der Waals surface area (Å²) in [5.41, 5.74) is 0.409. The second-order valence-corrected chi connectivity index (χ2v) is 4.80. The molecule has 1 N–H and O–H groups in total. The fourth-order valence-electron chi connectivity index (χ4n) is 1.61. The van der Waals surface area contributed by atoms with Crippen molar-refractivity contribution in [3.8, 4) is 5.75 Å². The Kier molecular flexibility index (Phi) is 4.92. The molecule has 0 saturated heterocycles. The number of benzene rings is 1. The number of tetrazole rings is 1. The molecule has 1 heterocycles. The molecular weight excluding hydrogens is 303 g/mol. The molecule has 0 unspecified atom stereocenters. The number of carbonyl (C=O) groups excluding carboxylic acids is 1. The molecule has 6 nitrogen and oxygen atoms in total. The van der Waals surface area contributed by atoms with Crippen LogP contribution in [0.1, 0.15) is 35.9 Å². The molecule has 2 aromatic rings. The smallest absolute Gasteiger partial charge is 0.186 e. The number of H-pyrrole nitrogens is 1. The summed E-state index contributed by atoms with van der Waals surface area (Å²) >= 11 is 12.2. The van der Waals surface area contributed by atoms with Gasteiger partial charge in [0.15, 0.2) is 11.6 Å². The van der Waals surface area contributed by atoms with Gasteiger partial charge in [-0.3, -0.25) is 4.79 Å². The molecular formula is C12H12Cl2N4O2. The van der Waals surface area contributed by atoms with E-state index < -0.39 is 0 Å². The molecule has 8 heteroatoms. The summed E-state index contributed by atoms with van der Waals surface area (Å²) in [6, 6.07) is 3.22. The van der Waals surface area contributed by atoms with E-state index in [1.54, 1.807) is 12.1 Å². The van der Waals surface area contributed by atoms with Crippen LogP contribution in [0.3, 0.4) is 0 Å². The predicted molar refractivity (Wildman–Crippen MR) is 74.2 cm³/mol. The Morgan fingerprint density at radius 2 is 2.15 bits per heavy atom. The summed E-state index contributed by atoms with van der Waals surface area (Å²) < 4.78 is 5.46. The highest BCUT2D eigenvalue weighted by atomic mass is 35.5. The number of aromatic amines is 1. The molecule has 0 radical (unpaired) electrons. The SMILES string of the molecule is CCCC(=O)c1ccc(OCc2nnn[nH]2)c(Cl)c1Cl. The third-order valence-corrected chi connectivity index (χ3v) is 3.44. The largest absolute Gasteiger partial charge is 0.484 e. The lowest BCUT2D eigenvalue weighted by Crippen LogP contribution is -2.02. The lowest BCUT2D eigenvalue weighted by Gasteiger charge is -2.10. The van der Waals surface area contributed by atoms with Gasteiger partial charge in [-0.25, -0.2) is 5.10 Å². The van der Waals surface area contributed by atoms with E-state index in [2.05, 4.69) is 20.6 Å². The van der Waals surface area contributed by atoms with E-state index >= 15 is 0 Å². The number of Topliss-reactive ketones (excluding diaryl/α,β-unsaturated/α-hetero) is 1. The van der Waals surface area contributed by atoms with Crippen molar-refractivity contribution in [2.75, 3.05) is 0 Å². The Labute approximate surface area is 125 Å². The van der Waals surface area contributed by atoms with Gasteiger partial charge >= 0.3 is 0 Å². The number of carbonyl (C=O) groups is 1. The van der Waals surface area contributed by atoms with Crippen molar-refractivity contribution in [2.24, 2.45) is 0 Å². The summed E-state index contributed by atoms with van der Waals surface area (Å²) in [5.74, 6) is 0.801. The Morgan fingerprint density at radius 1 is 1.35 bits per heavy atom. The second-order valence-electron chi connectivity index (χ2n) is 4.05. The molecule has 1 aromatic heterocycles. The van der Waals surface area contributed by atoms with Crippen LogP contribution in [0.15, 0.2) is 12.1 Å². The Balaban J connectivity index is 2.15. The zero-order chi connectivity index (χ0) is 14.5. The molecule has 0 amide bonds. The topological polar surface area (TPSA) is 80.8 Å². The average molecular weight is 315 g/mol. The highest BCUT2D eigenvalue weighted by molar-refractivity contribution is 6.44. The number of nitrogens with zero attached hydrogens (tertiary/aromatic N) is 3. The molecule has 0 spiro atoms.